The van der Waals surface area contributed by atoms with Gasteiger partial charge in [0.1, 0.15) is 11.5 Å². The van der Waals surface area contributed by atoms with Crippen LogP contribution < -0.4 is 19.9 Å². The number of hydrogen-bond donors (Lipinski definition) is 0. The predicted octanol–water partition coefficient (Wildman–Crippen LogP) is 7.30. The Morgan fingerprint density at radius 1 is 0.902 bits per heavy atom. The van der Waals surface area contributed by atoms with Crippen molar-refractivity contribution >= 4 is 5.69 Å². The average Bonchev–Trinajstić information content (AvgIpc) is 2.88. The summed E-state index contributed by atoms with van der Waals surface area (Å²) >= 11 is 0. The monoisotopic (exact) mass is 587 g/mol. The molecule has 0 amide bonds. The number of ether oxygens (including phenoxy) is 3. The van der Waals surface area contributed by atoms with Crippen LogP contribution in [0, 0.1) is 6.92 Å². The van der Waals surface area contributed by atoms with Gasteiger partial charge in [-0.25, -0.2) is 4.98 Å². The van der Waals surface area contributed by atoms with E-state index >= 15 is 0 Å². The maximum absolute atomic E-state index is 13.9. The Bertz CT molecular complexity index is 1370. The molecule has 1 aromatic heterocycles. The van der Waals surface area contributed by atoms with Gasteiger partial charge in [-0.15, -0.1) is 26.3 Å². The van der Waals surface area contributed by atoms with Gasteiger partial charge >= 0.3 is 12.7 Å². The lowest BCUT2D eigenvalue weighted by Gasteiger charge is -2.27. The largest absolute Gasteiger partial charge is 0.573 e. The van der Waals surface area contributed by atoms with Crippen LogP contribution in [0.3, 0.4) is 0 Å². The van der Waals surface area contributed by atoms with E-state index in [0.29, 0.717) is 30.0 Å². The Hall–Kier alpha value is -3.74. The standard InChI is InChI=1S/C28H31F6N3O4/c1-5-15-36(16-6-2)23-18(4)35-25(37(7-3)26(23)38)22-20(19-11-9-8-10-12-19)13-14-21(41-28(32,33)34)24(22)39-17-40-27(29,30)31/h8-14H,5-7,15-17H2,1-4H3. The van der Waals surface area contributed by atoms with Crippen molar-refractivity contribution in [1.82, 2.24) is 9.55 Å². The number of alkyl halides is 6. The Morgan fingerprint density at radius 3 is 2.07 bits per heavy atom. The van der Waals surface area contributed by atoms with Crippen molar-refractivity contribution in [2.24, 2.45) is 0 Å². The maximum atomic E-state index is 13.9. The SMILES string of the molecule is CCCN(CCC)c1c(C)nc(-c2c(-c3ccccc3)ccc(OC(F)(F)F)c2OCOC(F)(F)F)n(CC)c1=O. The first kappa shape index (κ1) is 31.8. The molecule has 1 heterocycles. The first-order chi connectivity index (χ1) is 19.3. The van der Waals surface area contributed by atoms with Crippen LogP contribution in [0.1, 0.15) is 39.3 Å². The van der Waals surface area contributed by atoms with Gasteiger partial charge in [-0.2, -0.15) is 0 Å². The summed E-state index contributed by atoms with van der Waals surface area (Å²) in [5, 5.41) is 0. The minimum absolute atomic E-state index is 0.0532. The first-order valence-corrected chi connectivity index (χ1v) is 13.0. The summed E-state index contributed by atoms with van der Waals surface area (Å²) in [7, 11) is 0. The van der Waals surface area contributed by atoms with E-state index in [2.05, 4.69) is 14.5 Å². The van der Waals surface area contributed by atoms with Crippen LogP contribution in [0.15, 0.2) is 47.3 Å². The van der Waals surface area contributed by atoms with Crippen molar-refractivity contribution in [3.63, 3.8) is 0 Å². The van der Waals surface area contributed by atoms with E-state index in [0.717, 1.165) is 18.9 Å². The fourth-order valence-corrected chi connectivity index (χ4v) is 4.52. The number of aryl methyl sites for hydroxylation is 1. The second-order valence-corrected chi connectivity index (χ2v) is 8.99. The first-order valence-electron chi connectivity index (χ1n) is 13.0. The van der Waals surface area contributed by atoms with E-state index in [-0.39, 0.29) is 23.5 Å². The van der Waals surface area contributed by atoms with Crippen LogP contribution in [-0.2, 0) is 11.3 Å². The number of hydrogen-bond acceptors (Lipinski definition) is 6. The summed E-state index contributed by atoms with van der Waals surface area (Å²) < 4.78 is 92.9. The van der Waals surface area contributed by atoms with Gasteiger partial charge in [0.2, 0.25) is 0 Å². The molecular weight excluding hydrogens is 556 g/mol. The maximum Gasteiger partial charge on any atom is 0.573 e. The lowest BCUT2D eigenvalue weighted by atomic mass is 9.97. The number of rotatable bonds is 12. The van der Waals surface area contributed by atoms with Gasteiger partial charge in [-0.05, 0) is 49.9 Å². The van der Waals surface area contributed by atoms with E-state index in [1.807, 2.05) is 18.7 Å². The Morgan fingerprint density at radius 2 is 1.54 bits per heavy atom. The van der Waals surface area contributed by atoms with E-state index in [4.69, 9.17) is 4.74 Å². The van der Waals surface area contributed by atoms with Crippen LogP contribution in [0.2, 0.25) is 0 Å². The van der Waals surface area contributed by atoms with Gasteiger partial charge < -0.3 is 14.4 Å². The molecule has 0 fully saturated rings. The molecule has 0 aliphatic heterocycles. The minimum Gasteiger partial charge on any atom is -0.462 e. The van der Waals surface area contributed by atoms with Crippen molar-refractivity contribution in [3.05, 3.63) is 58.5 Å². The summed E-state index contributed by atoms with van der Waals surface area (Å²) in [5.74, 6) is -1.73. The molecule has 13 heteroatoms. The lowest BCUT2D eigenvalue weighted by Crippen LogP contribution is -2.35. The molecule has 0 saturated carbocycles. The third-order valence-corrected chi connectivity index (χ3v) is 6.02. The highest BCUT2D eigenvalue weighted by atomic mass is 19.4. The van der Waals surface area contributed by atoms with E-state index in [1.165, 1.54) is 10.6 Å². The van der Waals surface area contributed by atoms with E-state index < -0.39 is 36.6 Å². The number of benzene rings is 2. The zero-order valence-corrected chi connectivity index (χ0v) is 23.0. The Kier molecular flexibility index (Phi) is 10.3. The average molecular weight is 588 g/mol. The Labute approximate surface area is 233 Å². The van der Waals surface area contributed by atoms with Crippen molar-refractivity contribution < 1.29 is 40.6 Å². The third kappa shape index (κ3) is 7.93. The molecule has 0 atom stereocenters. The molecule has 0 aliphatic rings. The number of halogens is 6. The zero-order chi connectivity index (χ0) is 30.4. The van der Waals surface area contributed by atoms with Crippen molar-refractivity contribution in [3.8, 4) is 34.0 Å². The van der Waals surface area contributed by atoms with Gasteiger partial charge in [0.25, 0.3) is 5.56 Å². The molecule has 0 saturated heterocycles. The molecule has 2 aromatic carbocycles. The third-order valence-electron chi connectivity index (χ3n) is 6.02. The zero-order valence-electron chi connectivity index (χ0n) is 23.0. The minimum atomic E-state index is -5.20. The van der Waals surface area contributed by atoms with Gasteiger partial charge in [0, 0.05) is 19.6 Å². The lowest BCUT2D eigenvalue weighted by molar-refractivity contribution is -0.341. The van der Waals surface area contributed by atoms with Crippen LogP contribution in [0.25, 0.3) is 22.5 Å². The number of anilines is 1. The smallest absolute Gasteiger partial charge is 0.462 e. The van der Waals surface area contributed by atoms with E-state index in [9.17, 15) is 31.1 Å². The van der Waals surface area contributed by atoms with Crippen LogP contribution in [-0.4, -0.2) is 42.2 Å². The van der Waals surface area contributed by atoms with E-state index in [1.54, 1.807) is 44.2 Å². The topological polar surface area (TPSA) is 65.8 Å². The highest BCUT2D eigenvalue weighted by molar-refractivity contribution is 5.87. The second kappa shape index (κ2) is 13.3. The molecule has 7 nitrogen and oxygen atoms in total. The molecule has 0 spiro atoms. The fraction of sp³-hybridized carbons (Fsp3) is 0.429. The van der Waals surface area contributed by atoms with Crippen molar-refractivity contribution in [2.45, 2.75) is 59.8 Å². The predicted molar refractivity (Wildman–Crippen MR) is 142 cm³/mol. The summed E-state index contributed by atoms with van der Waals surface area (Å²) in [6, 6.07) is 10.6. The second-order valence-electron chi connectivity index (χ2n) is 8.99. The highest BCUT2D eigenvalue weighted by Crippen LogP contribution is 2.46. The molecule has 224 valence electrons. The molecule has 0 unspecified atom stereocenters. The van der Waals surface area contributed by atoms with Crippen molar-refractivity contribution in [2.75, 3.05) is 24.8 Å². The molecule has 0 N–H and O–H groups in total. The number of nitrogens with zero attached hydrogens (tertiary/aromatic N) is 3. The molecular formula is C28H31F6N3O4. The van der Waals surface area contributed by atoms with Gasteiger partial charge in [0.05, 0.1) is 11.3 Å². The van der Waals surface area contributed by atoms with Crippen LogP contribution in [0.4, 0.5) is 32.0 Å². The highest BCUT2D eigenvalue weighted by Gasteiger charge is 2.36. The fourth-order valence-electron chi connectivity index (χ4n) is 4.52. The summed E-state index contributed by atoms with van der Waals surface area (Å²) in [4.78, 5) is 20.4. The quantitative estimate of drug-likeness (QED) is 0.164. The van der Waals surface area contributed by atoms with Crippen LogP contribution >= 0.6 is 0 Å². The van der Waals surface area contributed by atoms with Gasteiger partial charge in [-0.3, -0.25) is 14.1 Å². The Balaban J connectivity index is 2.41. The molecule has 41 heavy (non-hydrogen) atoms. The summed E-state index contributed by atoms with van der Waals surface area (Å²) in [5.41, 5.74) is 0.772. The molecule has 0 aliphatic carbocycles. The van der Waals surface area contributed by atoms with Crippen molar-refractivity contribution in [1.29, 1.82) is 0 Å². The number of aromatic nitrogens is 2. The summed E-state index contributed by atoms with van der Waals surface area (Å²) in [6.45, 7) is 6.90. The molecule has 0 bridgehead atoms. The normalized spacial score (nSPS) is 12.0. The molecule has 0 radical (unpaired) electrons. The van der Waals surface area contributed by atoms with Gasteiger partial charge in [-0.1, -0.05) is 44.2 Å². The molecule has 3 aromatic rings. The summed E-state index contributed by atoms with van der Waals surface area (Å²) in [6.07, 6.45) is -8.82. The molecule has 3 rings (SSSR count). The van der Waals surface area contributed by atoms with Crippen LogP contribution in [0.5, 0.6) is 11.5 Å². The van der Waals surface area contributed by atoms with Gasteiger partial charge in [0.15, 0.2) is 18.3 Å².